The first-order valence-corrected chi connectivity index (χ1v) is 6.30. The first-order chi connectivity index (χ1) is 8.38. The van der Waals surface area contributed by atoms with Crippen molar-refractivity contribution in [1.29, 1.82) is 0 Å². The molecule has 0 amide bonds. The van der Waals surface area contributed by atoms with Crippen molar-refractivity contribution < 1.29 is 24.4 Å². The summed E-state index contributed by atoms with van der Waals surface area (Å²) >= 11 is -1.84. The van der Waals surface area contributed by atoms with Crippen LogP contribution in [0.4, 0.5) is 0 Å². The van der Waals surface area contributed by atoms with Gasteiger partial charge < -0.3 is 14.8 Å². The van der Waals surface area contributed by atoms with E-state index in [0.29, 0.717) is 4.90 Å². The van der Waals surface area contributed by atoms with Crippen LogP contribution in [0.25, 0.3) is 0 Å². The molecule has 0 aromatic carbocycles. The molecule has 0 aliphatic heterocycles. The Morgan fingerprint density at radius 1 is 1.39 bits per heavy atom. The Morgan fingerprint density at radius 2 is 1.94 bits per heavy atom. The fourth-order valence-corrected chi connectivity index (χ4v) is 2.68. The van der Waals surface area contributed by atoms with Gasteiger partial charge in [-0.2, -0.15) is 0 Å². The molecule has 0 aliphatic rings. The van der Waals surface area contributed by atoms with E-state index >= 15 is 0 Å². The quantitative estimate of drug-likeness (QED) is 0.743. The average molecular weight is 271 g/mol. The highest BCUT2D eigenvalue weighted by molar-refractivity contribution is 7.93. The summed E-state index contributed by atoms with van der Waals surface area (Å²) in [6.07, 6.45) is 2.27. The number of hydrogen-bond acceptors (Lipinski definition) is 4. The second kappa shape index (κ2) is 5.83. The van der Waals surface area contributed by atoms with E-state index in [1.807, 2.05) is 0 Å². The van der Waals surface area contributed by atoms with Crippen molar-refractivity contribution in [3.63, 3.8) is 0 Å². The Hall–Kier alpha value is -1.60. The van der Waals surface area contributed by atoms with E-state index in [4.69, 9.17) is 5.11 Å². The first-order valence-electron chi connectivity index (χ1n) is 5.15. The van der Waals surface area contributed by atoms with E-state index in [-0.39, 0.29) is 12.8 Å². The molecule has 0 saturated carbocycles. The van der Waals surface area contributed by atoms with Gasteiger partial charge >= 0.3 is 11.9 Å². The number of pyridine rings is 1. The van der Waals surface area contributed by atoms with Gasteiger partial charge in [0.25, 0.3) is 0 Å². The van der Waals surface area contributed by atoms with Gasteiger partial charge in [-0.05, 0) is 6.92 Å². The largest absolute Gasteiger partial charge is 0.611 e. The average Bonchev–Trinajstić information content (AvgIpc) is 2.35. The van der Waals surface area contributed by atoms with Crippen LogP contribution in [0.3, 0.4) is 0 Å². The number of nitrogens with zero attached hydrogens (tertiary/aromatic N) is 1. The fourth-order valence-electron chi connectivity index (χ4n) is 1.35. The van der Waals surface area contributed by atoms with Gasteiger partial charge in [-0.25, -0.2) is 4.79 Å². The van der Waals surface area contributed by atoms with Crippen LogP contribution in [-0.4, -0.2) is 36.4 Å². The lowest BCUT2D eigenvalue weighted by Gasteiger charge is -2.27. The van der Waals surface area contributed by atoms with E-state index in [1.54, 1.807) is 0 Å². The number of aromatic nitrogens is 1. The van der Waals surface area contributed by atoms with Gasteiger partial charge in [-0.3, -0.25) is 9.78 Å². The summed E-state index contributed by atoms with van der Waals surface area (Å²) in [5, 5.41) is 17.8. The van der Waals surface area contributed by atoms with Gasteiger partial charge in [0.05, 0.1) is 6.42 Å². The first kappa shape index (κ1) is 14.5. The van der Waals surface area contributed by atoms with Crippen LogP contribution in [0.1, 0.15) is 19.8 Å². The van der Waals surface area contributed by atoms with E-state index in [9.17, 15) is 19.2 Å². The molecule has 18 heavy (non-hydrogen) atoms. The molecule has 0 aliphatic carbocycles. The van der Waals surface area contributed by atoms with Crippen molar-refractivity contribution in [2.75, 3.05) is 0 Å². The summed E-state index contributed by atoms with van der Waals surface area (Å²) < 4.78 is 10.6. The molecule has 2 atom stereocenters. The van der Waals surface area contributed by atoms with Crippen LogP contribution in [-0.2, 0) is 20.8 Å². The van der Waals surface area contributed by atoms with Gasteiger partial charge in [0.1, 0.15) is 0 Å². The maximum absolute atomic E-state index is 12.2. The van der Waals surface area contributed by atoms with Crippen LogP contribution in [0.5, 0.6) is 0 Å². The molecule has 2 unspecified atom stereocenters. The van der Waals surface area contributed by atoms with Crippen LogP contribution in [0.15, 0.2) is 29.4 Å². The SMILES string of the molecule is CC(CCC(=O)O)(C(=O)O)[S+]([O-])c1ccncc1. The Kier molecular flexibility index (Phi) is 4.69. The zero-order valence-corrected chi connectivity index (χ0v) is 10.5. The maximum atomic E-state index is 12.2. The topological polar surface area (TPSA) is 111 Å². The number of aliphatic carboxylic acids is 2. The van der Waals surface area contributed by atoms with Crippen molar-refractivity contribution in [1.82, 2.24) is 4.98 Å². The Labute approximate surface area is 107 Å². The summed E-state index contributed by atoms with van der Waals surface area (Å²) in [4.78, 5) is 25.8. The summed E-state index contributed by atoms with van der Waals surface area (Å²) in [5.41, 5.74) is 0. The van der Waals surface area contributed by atoms with Crippen LogP contribution >= 0.6 is 0 Å². The molecule has 6 nitrogen and oxygen atoms in total. The third-order valence-electron chi connectivity index (χ3n) is 2.54. The highest BCUT2D eigenvalue weighted by Gasteiger charge is 2.46. The van der Waals surface area contributed by atoms with Gasteiger partial charge in [-0.15, -0.1) is 0 Å². The van der Waals surface area contributed by atoms with Gasteiger partial charge in [-0.1, -0.05) is 0 Å². The van der Waals surface area contributed by atoms with Crippen LogP contribution in [0.2, 0.25) is 0 Å². The number of carbonyl (C=O) groups is 2. The maximum Gasteiger partial charge on any atom is 0.360 e. The Balaban J connectivity index is 2.97. The molecule has 7 heteroatoms. The van der Waals surface area contributed by atoms with E-state index in [1.165, 1.54) is 31.5 Å². The molecule has 1 aromatic heterocycles. The highest BCUT2D eigenvalue weighted by Crippen LogP contribution is 2.30. The van der Waals surface area contributed by atoms with E-state index in [0.717, 1.165) is 0 Å². The predicted molar refractivity (Wildman–Crippen MR) is 63.6 cm³/mol. The predicted octanol–water partition coefficient (Wildman–Crippen LogP) is 0.897. The van der Waals surface area contributed by atoms with Crippen LogP contribution < -0.4 is 0 Å². The van der Waals surface area contributed by atoms with Gasteiger partial charge in [0, 0.05) is 42.1 Å². The summed E-state index contributed by atoms with van der Waals surface area (Å²) in [6, 6.07) is 2.91. The number of carboxylic acid groups (broad SMARTS) is 2. The molecule has 0 bridgehead atoms. The molecule has 2 N–H and O–H groups in total. The van der Waals surface area contributed by atoms with Crippen molar-refractivity contribution in [2.24, 2.45) is 0 Å². The monoisotopic (exact) mass is 271 g/mol. The molecule has 0 spiro atoms. The minimum absolute atomic E-state index is 0.202. The molecule has 0 radical (unpaired) electrons. The fraction of sp³-hybridized carbons (Fsp3) is 0.364. The number of carboxylic acids is 2. The molecule has 1 heterocycles. The van der Waals surface area contributed by atoms with Gasteiger partial charge in [0.2, 0.25) is 4.75 Å². The molecule has 1 rings (SSSR count). The minimum Gasteiger partial charge on any atom is -0.611 e. The molecule has 98 valence electrons. The summed E-state index contributed by atoms with van der Waals surface area (Å²) in [6.45, 7) is 1.29. The number of rotatable bonds is 6. The minimum atomic E-state index is -1.84. The smallest absolute Gasteiger partial charge is 0.360 e. The van der Waals surface area contributed by atoms with E-state index < -0.39 is 27.9 Å². The van der Waals surface area contributed by atoms with Crippen molar-refractivity contribution in [3.05, 3.63) is 24.5 Å². The molecule has 1 aromatic rings. The standard InChI is InChI=1S/C11H13NO5S/c1-11(10(15)16,5-2-9(13)14)18(17)8-3-6-12-7-4-8/h3-4,6-7H,2,5H2,1H3,(H,13,14)(H,15,16). The summed E-state index contributed by atoms with van der Waals surface area (Å²) in [5.74, 6) is -2.40. The van der Waals surface area contributed by atoms with Crippen LogP contribution in [0, 0.1) is 0 Å². The van der Waals surface area contributed by atoms with Crippen molar-refractivity contribution in [3.8, 4) is 0 Å². The zero-order chi connectivity index (χ0) is 13.8. The normalized spacial score (nSPS) is 15.7. The lowest BCUT2D eigenvalue weighted by Crippen LogP contribution is -2.44. The zero-order valence-electron chi connectivity index (χ0n) is 9.70. The lowest BCUT2D eigenvalue weighted by atomic mass is 10.1. The summed E-state index contributed by atoms with van der Waals surface area (Å²) in [7, 11) is 0. The third kappa shape index (κ3) is 3.21. The second-order valence-electron chi connectivity index (χ2n) is 3.88. The molecular formula is C11H13NO5S. The Bertz CT molecular complexity index is 438. The molecule has 0 saturated heterocycles. The van der Waals surface area contributed by atoms with E-state index in [2.05, 4.69) is 4.98 Å². The molecular weight excluding hydrogens is 258 g/mol. The highest BCUT2D eigenvalue weighted by atomic mass is 32.2. The van der Waals surface area contributed by atoms with Crippen molar-refractivity contribution in [2.45, 2.75) is 29.4 Å². The Morgan fingerprint density at radius 3 is 2.39 bits per heavy atom. The molecule has 0 fully saturated rings. The lowest BCUT2D eigenvalue weighted by molar-refractivity contribution is -0.140. The third-order valence-corrected chi connectivity index (χ3v) is 4.44. The van der Waals surface area contributed by atoms with Crippen molar-refractivity contribution >= 4 is 23.1 Å². The van der Waals surface area contributed by atoms with Gasteiger partial charge in [0.15, 0.2) is 4.90 Å². The second-order valence-corrected chi connectivity index (χ2v) is 5.79. The number of hydrogen-bond donors (Lipinski definition) is 2.